The summed E-state index contributed by atoms with van der Waals surface area (Å²) in [4.78, 5) is 0.615. The van der Waals surface area contributed by atoms with E-state index >= 15 is 0 Å². The van der Waals surface area contributed by atoms with Gasteiger partial charge in [-0.25, -0.2) is 4.52 Å². The molecule has 0 bridgehead atoms. The number of hydrogen-bond acceptors (Lipinski definition) is 2. The van der Waals surface area contributed by atoms with E-state index in [1.165, 1.54) is 11.1 Å². The van der Waals surface area contributed by atoms with E-state index in [4.69, 9.17) is 40.5 Å². The third-order valence-electron chi connectivity index (χ3n) is 6.75. The second kappa shape index (κ2) is 9.40. The lowest BCUT2D eigenvalue weighted by molar-refractivity contribution is 0.645. The van der Waals surface area contributed by atoms with Crippen LogP contribution in [0, 0.1) is 6.92 Å². The Hall–Kier alpha value is -3.12. The number of halogens is 2. The van der Waals surface area contributed by atoms with Crippen LogP contribution in [0.4, 0.5) is 5.69 Å². The second-order valence-corrected chi connectivity index (χ2v) is 10.5. The van der Waals surface area contributed by atoms with E-state index in [2.05, 4.69) is 53.2 Å². The lowest BCUT2D eigenvalue weighted by Crippen LogP contribution is -2.14. The minimum Gasteiger partial charge on any atom is -0.345 e. The highest BCUT2D eigenvalue weighted by Gasteiger charge is 2.29. The molecule has 1 aliphatic rings. The number of rotatable bonds is 4. The van der Waals surface area contributed by atoms with Crippen molar-refractivity contribution in [1.82, 2.24) is 14.2 Å². The monoisotopic (exact) mass is 530 g/mol. The van der Waals surface area contributed by atoms with Gasteiger partial charge in [0, 0.05) is 39.0 Å². The molecule has 1 aliphatic heterocycles. The first-order valence-corrected chi connectivity index (χ1v) is 13.2. The van der Waals surface area contributed by atoms with Gasteiger partial charge in [-0.05, 0) is 68.1 Å². The third kappa shape index (κ3) is 4.11. The molecule has 7 heteroatoms. The van der Waals surface area contributed by atoms with Crippen LogP contribution in [0.25, 0.3) is 28.2 Å². The van der Waals surface area contributed by atoms with Crippen molar-refractivity contribution in [3.8, 4) is 22.5 Å². The van der Waals surface area contributed by atoms with E-state index in [1.807, 2.05) is 40.9 Å². The molecular formula is C29H24Cl2N4S. The first kappa shape index (κ1) is 23.3. The molecule has 0 amide bonds. The Labute approximate surface area is 225 Å². The predicted molar refractivity (Wildman–Crippen MR) is 154 cm³/mol. The van der Waals surface area contributed by atoms with Crippen molar-refractivity contribution >= 4 is 51.7 Å². The summed E-state index contributed by atoms with van der Waals surface area (Å²) >= 11 is 18.4. The zero-order valence-corrected chi connectivity index (χ0v) is 22.1. The van der Waals surface area contributed by atoms with Gasteiger partial charge in [0.25, 0.3) is 0 Å². The number of hydrogen-bond donors (Lipinski definition) is 1. The Morgan fingerprint density at radius 2 is 1.50 bits per heavy atom. The number of aromatic nitrogens is 3. The van der Waals surface area contributed by atoms with Crippen LogP contribution in [-0.4, -0.2) is 19.2 Å². The Bertz CT molecular complexity index is 1580. The zero-order chi connectivity index (χ0) is 24.8. The van der Waals surface area contributed by atoms with Crippen LogP contribution >= 0.6 is 35.4 Å². The molecule has 3 aromatic carbocycles. The fraction of sp³-hybridized carbons (Fsp3) is 0.172. The number of nitrogens with zero attached hydrogens (tertiary/aromatic N) is 3. The molecule has 0 saturated carbocycles. The first-order chi connectivity index (χ1) is 17.5. The Morgan fingerprint density at radius 3 is 2.19 bits per heavy atom. The van der Waals surface area contributed by atoms with Crippen LogP contribution in [0.5, 0.6) is 0 Å². The van der Waals surface area contributed by atoms with Gasteiger partial charge in [0.2, 0.25) is 0 Å². The maximum absolute atomic E-state index is 6.24. The molecule has 0 saturated heterocycles. The molecule has 180 valence electrons. The molecular weight excluding hydrogens is 507 g/mol. The highest BCUT2D eigenvalue weighted by molar-refractivity contribution is 7.81. The molecule has 36 heavy (non-hydrogen) atoms. The van der Waals surface area contributed by atoms with Gasteiger partial charge in [-0.2, -0.15) is 0 Å². The Balaban J connectivity index is 1.60. The first-order valence-electron chi connectivity index (χ1n) is 12.0. The maximum Gasteiger partial charge on any atom is 0.162 e. The van der Waals surface area contributed by atoms with Crippen LogP contribution in [-0.2, 0) is 13.0 Å². The predicted octanol–water partition coefficient (Wildman–Crippen LogP) is 8.21. The Morgan fingerprint density at radius 1 is 0.861 bits per heavy atom. The highest BCUT2D eigenvalue weighted by atomic mass is 35.5. The van der Waals surface area contributed by atoms with Crippen molar-refractivity contribution in [2.75, 3.05) is 5.32 Å². The smallest absolute Gasteiger partial charge is 0.162 e. The fourth-order valence-corrected chi connectivity index (χ4v) is 5.57. The molecule has 0 unspecified atom stereocenters. The van der Waals surface area contributed by atoms with Gasteiger partial charge in [-0.3, -0.25) is 0 Å². The normalized spacial score (nSPS) is 13.1. The standard InChI is InChI=1S/C29H24Cl2N4S/c1-18-5-7-20(8-6-18)27-33-35-26(28(36)32-23-15-13-22(31)14-16-23)25(19-9-11-21(30)12-10-19)24-4-2-3-17-34(27)29(24)35/h5-16H,2-4,17H2,1H3,(H,32,36). The lowest BCUT2D eigenvalue weighted by atomic mass is 9.98. The molecule has 5 aromatic rings. The van der Waals surface area contributed by atoms with Crippen molar-refractivity contribution in [3.63, 3.8) is 0 Å². The minimum atomic E-state index is 0.615. The van der Waals surface area contributed by atoms with Crippen LogP contribution in [0.15, 0.2) is 72.8 Å². The molecule has 1 N–H and O–H groups in total. The van der Waals surface area contributed by atoms with Gasteiger partial charge in [0.05, 0.1) is 0 Å². The minimum absolute atomic E-state index is 0.615. The van der Waals surface area contributed by atoms with Gasteiger partial charge in [0.15, 0.2) is 5.82 Å². The molecule has 0 spiro atoms. The van der Waals surface area contributed by atoms with Crippen molar-refractivity contribution < 1.29 is 0 Å². The van der Waals surface area contributed by atoms with Crippen molar-refractivity contribution in [3.05, 3.63) is 99.7 Å². The number of thiocarbonyl (C=S) groups is 1. The topological polar surface area (TPSA) is 34.3 Å². The van der Waals surface area contributed by atoms with E-state index < -0.39 is 0 Å². The molecule has 6 rings (SSSR count). The van der Waals surface area contributed by atoms with E-state index in [0.29, 0.717) is 15.0 Å². The number of nitrogens with one attached hydrogen (secondary N) is 1. The van der Waals surface area contributed by atoms with Gasteiger partial charge in [0.1, 0.15) is 16.3 Å². The van der Waals surface area contributed by atoms with Crippen LogP contribution in [0.2, 0.25) is 10.0 Å². The summed E-state index contributed by atoms with van der Waals surface area (Å²) in [5.74, 6) is 0.964. The Kier molecular flexibility index (Phi) is 6.08. The molecule has 0 fully saturated rings. The van der Waals surface area contributed by atoms with Gasteiger partial charge >= 0.3 is 0 Å². The lowest BCUT2D eigenvalue weighted by Gasteiger charge is -2.12. The van der Waals surface area contributed by atoms with Gasteiger partial charge in [-0.15, -0.1) is 5.10 Å². The van der Waals surface area contributed by atoms with Crippen LogP contribution in [0.3, 0.4) is 0 Å². The quantitative estimate of drug-likeness (QED) is 0.237. The third-order valence-corrected chi connectivity index (χ3v) is 7.54. The average molecular weight is 532 g/mol. The zero-order valence-electron chi connectivity index (χ0n) is 19.8. The average Bonchev–Trinajstić information content (AvgIpc) is 3.29. The van der Waals surface area contributed by atoms with E-state index in [9.17, 15) is 0 Å². The van der Waals surface area contributed by atoms with E-state index in [0.717, 1.165) is 65.4 Å². The number of anilines is 1. The molecule has 0 radical (unpaired) electrons. The number of benzene rings is 3. The summed E-state index contributed by atoms with van der Waals surface area (Å²) < 4.78 is 4.41. The molecule has 0 atom stereocenters. The molecule has 3 heterocycles. The molecule has 2 aromatic heterocycles. The number of aryl methyl sites for hydroxylation is 3. The highest BCUT2D eigenvalue weighted by Crippen LogP contribution is 2.39. The summed E-state index contributed by atoms with van der Waals surface area (Å²) in [6.45, 7) is 3.02. The van der Waals surface area contributed by atoms with Gasteiger partial charge < -0.3 is 9.88 Å². The summed E-state index contributed by atoms with van der Waals surface area (Å²) in [7, 11) is 0. The second-order valence-electron chi connectivity index (χ2n) is 9.20. The van der Waals surface area contributed by atoms with Crippen LogP contribution < -0.4 is 5.32 Å². The molecule has 0 aliphatic carbocycles. The van der Waals surface area contributed by atoms with E-state index in [1.54, 1.807) is 0 Å². The van der Waals surface area contributed by atoms with Crippen molar-refractivity contribution in [2.24, 2.45) is 0 Å². The van der Waals surface area contributed by atoms with Gasteiger partial charge in [-0.1, -0.05) is 77.4 Å². The summed E-state index contributed by atoms with van der Waals surface area (Å²) in [5, 5.41) is 9.99. The summed E-state index contributed by atoms with van der Waals surface area (Å²) in [5.41, 5.74) is 8.70. The van der Waals surface area contributed by atoms with Crippen LogP contribution in [0.1, 0.15) is 29.7 Å². The van der Waals surface area contributed by atoms with Crippen molar-refractivity contribution in [2.45, 2.75) is 32.7 Å². The van der Waals surface area contributed by atoms with Crippen molar-refractivity contribution in [1.29, 1.82) is 0 Å². The van der Waals surface area contributed by atoms with E-state index in [-0.39, 0.29) is 0 Å². The summed E-state index contributed by atoms with van der Waals surface area (Å²) in [6, 6.07) is 24.1. The molecule has 4 nitrogen and oxygen atoms in total. The maximum atomic E-state index is 6.24. The fourth-order valence-electron chi connectivity index (χ4n) is 5.02. The SMILES string of the molecule is Cc1ccc(-c2nn3c(C(=S)Nc4ccc(Cl)cc4)c(-c4ccc(Cl)cc4)c4c3n2CCCC4)cc1. The summed E-state index contributed by atoms with van der Waals surface area (Å²) in [6.07, 6.45) is 3.17. The largest absolute Gasteiger partial charge is 0.345 e.